The first-order chi connectivity index (χ1) is 15.8. The Morgan fingerprint density at radius 3 is 2.26 bits per heavy atom. The molecule has 0 saturated heterocycles. The Morgan fingerprint density at radius 2 is 1.74 bits per heavy atom. The van der Waals surface area contributed by atoms with E-state index in [1.54, 1.807) is 20.8 Å². The summed E-state index contributed by atoms with van der Waals surface area (Å²) in [7, 11) is -4.27. The maximum absolute atomic E-state index is 14.7. The molecule has 0 aliphatic carbocycles. The van der Waals surface area contributed by atoms with E-state index in [9.17, 15) is 27.1 Å². The Labute approximate surface area is 201 Å². The maximum atomic E-state index is 14.7. The number of carboxylic acid groups (broad SMARTS) is 1. The Bertz CT molecular complexity index is 1290. The number of pyridine rings is 1. The van der Waals surface area contributed by atoms with Gasteiger partial charge in [-0.25, -0.2) is 22.0 Å². The van der Waals surface area contributed by atoms with Crippen LogP contribution in [0.2, 0.25) is 5.02 Å². The minimum absolute atomic E-state index is 0.00897. The van der Waals surface area contributed by atoms with E-state index in [1.807, 2.05) is 0 Å². The molecule has 1 unspecified atom stereocenters. The molecule has 0 radical (unpaired) electrons. The molecule has 0 aliphatic rings. The molecule has 1 atom stereocenters. The fourth-order valence-electron chi connectivity index (χ4n) is 3.42. The molecule has 180 valence electrons. The number of halogens is 3. The topological polar surface area (TPSA) is 87.6 Å². The van der Waals surface area contributed by atoms with Gasteiger partial charge in [-0.15, -0.1) is 0 Å². The van der Waals surface area contributed by atoms with E-state index in [1.165, 1.54) is 47.5 Å². The summed E-state index contributed by atoms with van der Waals surface area (Å²) in [4.78, 5) is 16.9. The standard InChI is InChI=1S/C24H23ClF2N2O4S/c1-24(2,3)29(23(30)31)14-15-4-11-21(28-13-15)22(19-12-17(26)7-10-20(19)27)34(32,33)18-8-5-16(25)6-9-18/h4-13,22H,14H2,1-3H3,(H,30,31). The van der Waals surface area contributed by atoms with Crippen molar-refractivity contribution in [3.05, 3.63) is 94.3 Å². The minimum atomic E-state index is -4.27. The Hall–Kier alpha value is -3.04. The highest BCUT2D eigenvalue weighted by Crippen LogP contribution is 2.36. The van der Waals surface area contributed by atoms with E-state index < -0.39 is 43.9 Å². The first-order valence-electron chi connectivity index (χ1n) is 10.2. The average Bonchev–Trinajstić information content (AvgIpc) is 2.74. The summed E-state index contributed by atoms with van der Waals surface area (Å²) >= 11 is 5.87. The van der Waals surface area contributed by atoms with E-state index in [0.717, 1.165) is 18.2 Å². The second kappa shape index (κ2) is 9.68. The van der Waals surface area contributed by atoms with Gasteiger partial charge in [-0.2, -0.15) is 0 Å². The third kappa shape index (κ3) is 5.53. The zero-order chi connectivity index (χ0) is 25.3. The van der Waals surface area contributed by atoms with Crippen LogP contribution in [0.1, 0.15) is 42.8 Å². The summed E-state index contributed by atoms with van der Waals surface area (Å²) in [6.45, 7) is 5.23. The van der Waals surface area contributed by atoms with Gasteiger partial charge < -0.3 is 5.11 Å². The number of nitrogens with zero attached hydrogens (tertiary/aromatic N) is 2. The molecule has 1 N–H and O–H groups in total. The van der Waals surface area contributed by atoms with Gasteiger partial charge in [0.25, 0.3) is 0 Å². The first kappa shape index (κ1) is 25.6. The van der Waals surface area contributed by atoms with E-state index in [-0.39, 0.29) is 17.1 Å². The van der Waals surface area contributed by atoms with Gasteiger partial charge in [-0.1, -0.05) is 17.7 Å². The number of aromatic nitrogens is 1. The molecule has 6 nitrogen and oxygen atoms in total. The molecular weight excluding hydrogens is 486 g/mol. The van der Waals surface area contributed by atoms with Crippen molar-refractivity contribution in [1.82, 2.24) is 9.88 Å². The number of hydrogen-bond acceptors (Lipinski definition) is 4. The summed E-state index contributed by atoms with van der Waals surface area (Å²) in [5.74, 6) is -1.70. The number of rotatable bonds is 6. The van der Waals surface area contributed by atoms with Crippen LogP contribution in [-0.4, -0.2) is 35.0 Å². The van der Waals surface area contributed by atoms with Gasteiger partial charge in [0, 0.05) is 22.3 Å². The quantitative estimate of drug-likeness (QED) is 0.451. The Morgan fingerprint density at radius 1 is 1.09 bits per heavy atom. The molecule has 0 aliphatic heterocycles. The lowest BCUT2D eigenvalue weighted by molar-refractivity contribution is 0.0955. The molecule has 0 spiro atoms. The van der Waals surface area contributed by atoms with Crippen LogP contribution >= 0.6 is 11.6 Å². The number of sulfone groups is 1. The minimum Gasteiger partial charge on any atom is -0.465 e. The normalized spacial score (nSPS) is 12.9. The lowest BCUT2D eigenvalue weighted by Crippen LogP contribution is -2.44. The number of benzene rings is 2. The van der Waals surface area contributed by atoms with Crippen molar-refractivity contribution in [2.24, 2.45) is 0 Å². The molecular formula is C24H23ClF2N2O4S. The highest BCUT2D eigenvalue weighted by Gasteiger charge is 2.34. The van der Waals surface area contributed by atoms with Crippen LogP contribution in [0.4, 0.5) is 13.6 Å². The van der Waals surface area contributed by atoms with Crippen molar-refractivity contribution < 1.29 is 27.1 Å². The van der Waals surface area contributed by atoms with Gasteiger partial charge in [0.1, 0.15) is 16.9 Å². The van der Waals surface area contributed by atoms with Gasteiger partial charge in [-0.05, 0) is 74.9 Å². The first-order valence-corrected chi connectivity index (χ1v) is 12.1. The van der Waals surface area contributed by atoms with Crippen molar-refractivity contribution >= 4 is 27.5 Å². The highest BCUT2D eigenvalue weighted by molar-refractivity contribution is 7.91. The van der Waals surface area contributed by atoms with Crippen molar-refractivity contribution in [2.45, 2.75) is 43.0 Å². The van der Waals surface area contributed by atoms with Gasteiger partial charge >= 0.3 is 6.09 Å². The summed E-state index contributed by atoms with van der Waals surface area (Å²) in [5, 5.41) is 8.18. The van der Waals surface area contributed by atoms with Crippen LogP contribution in [0.5, 0.6) is 0 Å². The monoisotopic (exact) mass is 508 g/mol. The van der Waals surface area contributed by atoms with Crippen LogP contribution in [-0.2, 0) is 16.4 Å². The Kier molecular flexibility index (Phi) is 7.28. The Balaban J connectivity index is 2.10. The van der Waals surface area contributed by atoms with E-state index in [4.69, 9.17) is 11.6 Å². The number of carbonyl (C=O) groups is 1. The predicted molar refractivity (Wildman–Crippen MR) is 124 cm³/mol. The smallest absolute Gasteiger partial charge is 0.408 e. The number of hydrogen-bond donors (Lipinski definition) is 1. The molecule has 0 bridgehead atoms. The molecule has 1 amide bonds. The molecule has 0 saturated carbocycles. The summed E-state index contributed by atoms with van der Waals surface area (Å²) in [6.07, 6.45) is 0.208. The predicted octanol–water partition coefficient (Wildman–Crippen LogP) is 5.86. The fourth-order valence-corrected chi connectivity index (χ4v) is 5.31. The van der Waals surface area contributed by atoms with Crippen molar-refractivity contribution in [3.8, 4) is 0 Å². The van der Waals surface area contributed by atoms with Crippen LogP contribution in [0.25, 0.3) is 0 Å². The second-order valence-electron chi connectivity index (χ2n) is 8.68. The fraction of sp³-hybridized carbons (Fsp3) is 0.250. The van der Waals surface area contributed by atoms with E-state index >= 15 is 0 Å². The van der Waals surface area contributed by atoms with Crippen molar-refractivity contribution in [2.75, 3.05) is 0 Å². The van der Waals surface area contributed by atoms with Gasteiger partial charge in [-0.3, -0.25) is 9.88 Å². The zero-order valence-corrected chi connectivity index (χ0v) is 20.2. The molecule has 3 rings (SSSR count). The number of amides is 1. The van der Waals surface area contributed by atoms with Crippen molar-refractivity contribution in [1.29, 1.82) is 0 Å². The lowest BCUT2D eigenvalue weighted by Gasteiger charge is -2.33. The van der Waals surface area contributed by atoms with Gasteiger partial charge in [0.15, 0.2) is 9.84 Å². The molecule has 10 heteroatoms. The third-order valence-corrected chi connectivity index (χ3v) is 7.49. The molecule has 34 heavy (non-hydrogen) atoms. The lowest BCUT2D eigenvalue weighted by atomic mass is 10.0. The third-order valence-electron chi connectivity index (χ3n) is 5.19. The van der Waals surface area contributed by atoms with Gasteiger partial charge in [0.05, 0.1) is 17.1 Å². The molecule has 2 aromatic carbocycles. The average molecular weight is 509 g/mol. The van der Waals surface area contributed by atoms with Crippen LogP contribution < -0.4 is 0 Å². The van der Waals surface area contributed by atoms with Crippen molar-refractivity contribution in [3.63, 3.8) is 0 Å². The zero-order valence-electron chi connectivity index (χ0n) is 18.7. The summed E-state index contributed by atoms with van der Waals surface area (Å²) in [6, 6.07) is 10.8. The molecule has 1 aromatic heterocycles. The van der Waals surface area contributed by atoms with Gasteiger partial charge in [0.2, 0.25) is 0 Å². The molecule has 1 heterocycles. The van der Waals surface area contributed by atoms with Crippen LogP contribution in [0.3, 0.4) is 0 Å². The molecule has 0 fully saturated rings. The SMILES string of the molecule is CC(C)(C)N(Cc1ccc(C(c2cc(F)ccc2F)S(=O)(=O)c2ccc(Cl)cc2)nc1)C(=O)O. The molecule has 3 aromatic rings. The summed E-state index contributed by atoms with van der Waals surface area (Å²) < 4.78 is 55.8. The largest absolute Gasteiger partial charge is 0.465 e. The van der Waals surface area contributed by atoms with Crippen LogP contribution in [0.15, 0.2) is 65.7 Å². The van der Waals surface area contributed by atoms with E-state index in [0.29, 0.717) is 10.6 Å². The van der Waals surface area contributed by atoms with Crippen LogP contribution in [0, 0.1) is 11.6 Å². The van der Waals surface area contributed by atoms with E-state index in [2.05, 4.69) is 4.98 Å². The maximum Gasteiger partial charge on any atom is 0.408 e. The summed E-state index contributed by atoms with van der Waals surface area (Å²) in [5.41, 5.74) is -0.614. The highest BCUT2D eigenvalue weighted by atomic mass is 35.5. The second-order valence-corrected chi connectivity index (χ2v) is 11.1.